The van der Waals surface area contributed by atoms with E-state index in [9.17, 15) is 9.59 Å². The molecule has 9 nitrogen and oxygen atoms in total. The van der Waals surface area contributed by atoms with Crippen LogP contribution in [0.3, 0.4) is 0 Å². The van der Waals surface area contributed by atoms with Crippen molar-refractivity contribution in [2.45, 2.75) is 31.6 Å². The van der Waals surface area contributed by atoms with Crippen LogP contribution in [0.1, 0.15) is 42.7 Å². The number of carbonyl (C=O) groups excluding carboxylic acids is 2. The van der Waals surface area contributed by atoms with Gasteiger partial charge in [0.2, 0.25) is 5.75 Å². The first-order valence-corrected chi connectivity index (χ1v) is 12.7. The van der Waals surface area contributed by atoms with E-state index in [0.29, 0.717) is 46.1 Å². The minimum atomic E-state index is -0.739. The molecule has 1 aliphatic carbocycles. The van der Waals surface area contributed by atoms with Crippen LogP contribution in [0, 0.1) is 0 Å². The highest BCUT2D eigenvalue weighted by Crippen LogP contribution is 2.51. The Bertz CT molecular complexity index is 1310. The topological polar surface area (TPSA) is 102 Å². The smallest absolute Gasteiger partial charge is 0.336 e. The second-order valence-electron chi connectivity index (χ2n) is 9.31. The van der Waals surface area contributed by atoms with Crippen LogP contribution in [0.4, 0.5) is 0 Å². The number of ether oxygens (including phenoxy) is 6. The van der Waals surface area contributed by atoms with Crippen LogP contribution in [0.25, 0.3) is 0 Å². The molecule has 2 aliphatic rings. The average molecular weight is 538 g/mol. The van der Waals surface area contributed by atoms with Gasteiger partial charge in [-0.3, -0.25) is 4.79 Å². The third-order valence-corrected chi connectivity index (χ3v) is 7.19. The van der Waals surface area contributed by atoms with Crippen molar-refractivity contribution >= 4 is 11.8 Å². The van der Waals surface area contributed by atoms with Crippen LogP contribution in [-0.4, -0.2) is 60.5 Å². The van der Waals surface area contributed by atoms with Crippen LogP contribution >= 0.6 is 0 Å². The molecule has 2 aromatic carbocycles. The number of ketones is 1. The van der Waals surface area contributed by atoms with Crippen LogP contribution in [-0.2, 0) is 19.1 Å². The van der Waals surface area contributed by atoms with Gasteiger partial charge in [-0.15, -0.1) is 0 Å². The molecule has 0 amide bonds. The molecule has 1 heterocycles. The SMILES string of the molecule is COCCOC(=O)C1=C(C)NC2=C(C(=O)C[C@@H](c3ccccc3OC)C2)[C@H]1c1ccc(OC)c(OC)c1OC. The molecule has 1 N–H and O–H groups in total. The first kappa shape index (κ1) is 28.0. The number of rotatable bonds is 10. The number of para-hydroxylation sites is 1. The van der Waals surface area contributed by atoms with Gasteiger partial charge in [0, 0.05) is 42.0 Å². The van der Waals surface area contributed by atoms with E-state index in [-0.39, 0.29) is 31.3 Å². The van der Waals surface area contributed by atoms with Crippen LogP contribution in [0.2, 0.25) is 0 Å². The molecule has 1 aliphatic heterocycles. The standard InChI is InChI=1S/C30H35NO8/c1-17-25(30(33)39-14-13-34-2)26(20-11-12-24(36-4)29(38-6)28(20)37-5)27-21(31-17)15-18(16-22(27)32)19-9-7-8-10-23(19)35-3/h7-12,18,26,31H,13-16H2,1-6H3/t18-,26-/m0/s1. The second kappa shape index (κ2) is 12.3. The van der Waals surface area contributed by atoms with Gasteiger partial charge in [-0.25, -0.2) is 4.79 Å². The highest BCUT2D eigenvalue weighted by Gasteiger charge is 2.43. The van der Waals surface area contributed by atoms with Gasteiger partial charge >= 0.3 is 5.97 Å². The molecule has 0 aromatic heterocycles. The molecule has 4 rings (SSSR count). The number of hydrogen-bond donors (Lipinski definition) is 1. The van der Waals surface area contributed by atoms with E-state index in [1.807, 2.05) is 31.2 Å². The van der Waals surface area contributed by atoms with Gasteiger partial charge in [-0.1, -0.05) is 24.3 Å². The van der Waals surface area contributed by atoms with E-state index < -0.39 is 11.9 Å². The van der Waals surface area contributed by atoms with Gasteiger partial charge < -0.3 is 33.7 Å². The van der Waals surface area contributed by atoms with Crippen molar-refractivity contribution in [2.75, 3.05) is 48.8 Å². The minimum absolute atomic E-state index is 0.0730. The lowest BCUT2D eigenvalue weighted by atomic mass is 9.71. The molecule has 2 aromatic rings. The van der Waals surface area contributed by atoms with E-state index in [1.165, 1.54) is 28.4 Å². The summed E-state index contributed by atoms with van der Waals surface area (Å²) < 4.78 is 33.1. The van der Waals surface area contributed by atoms with Crippen LogP contribution < -0.4 is 24.3 Å². The zero-order valence-electron chi connectivity index (χ0n) is 23.2. The van der Waals surface area contributed by atoms with Gasteiger partial charge in [-0.2, -0.15) is 0 Å². The van der Waals surface area contributed by atoms with Crippen molar-refractivity contribution in [3.05, 3.63) is 70.1 Å². The molecular weight excluding hydrogens is 502 g/mol. The van der Waals surface area contributed by atoms with Gasteiger partial charge in [0.25, 0.3) is 0 Å². The fourth-order valence-electron chi connectivity index (χ4n) is 5.49. The molecule has 2 atom stereocenters. The average Bonchev–Trinajstić information content (AvgIpc) is 2.95. The number of Topliss-reactive ketones (excluding diaryl/α,β-unsaturated/α-hetero) is 1. The van der Waals surface area contributed by atoms with Gasteiger partial charge in [0.05, 0.1) is 46.5 Å². The Labute approximate surface area is 228 Å². The quantitative estimate of drug-likeness (QED) is 0.352. The largest absolute Gasteiger partial charge is 0.496 e. The summed E-state index contributed by atoms with van der Waals surface area (Å²) >= 11 is 0. The lowest BCUT2D eigenvalue weighted by Gasteiger charge is -2.37. The number of methoxy groups -OCH3 is 5. The van der Waals surface area contributed by atoms with E-state index in [2.05, 4.69) is 5.32 Å². The number of hydrogen-bond acceptors (Lipinski definition) is 9. The summed E-state index contributed by atoms with van der Waals surface area (Å²) in [5, 5.41) is 3.36. The van der Waals surface area contributed by atoms with Crippen molar-refractivity contribution in [1.82, 2.24) is 5.32 Å². The van der Waals surface area contributed by atoms with Crippen LogP contribution in [0.5, 0.6) is 23.0 Å². The Balaban J connectivity index is 1.87. The molecule has 0 bridgehead atoms. The van der Waals surface area contributed by atoms with Crippen molar-refractivity contribution in [3.8, 4) is 23.0 Å². The summed E-state index contributed by atoms with van der Waals surface area (Å²) in [5.74, 6) is 0.526. The van der Waals surface area contributed by atoms with Crippen molar-refractivity contribution in [3.63, 3.8) is 0 Å². The maximum absolute atomic E-state index is 14.0. The fourth-order valence-corrected chi connectivity index (χ4v) is 5.49. The van der Waals surface area contributed by atoms with E-state index >= 15 is 0 Å². The number of esters is 1. The Morgan fingerprint density at radius 2 is 1.56 bits per heavy atom. The predicted molar refractivity (Wildman–Crippen MR) is 145 cm³/mol. The Hall–Kier alpha value is -3.98. The maximum Gasteiger partial charge on any atom is 0.336 e. The van der Waals surface area contributed by atoms with Crippen LogP contribution in [0.15, 0.2) is 58.9 Å². The minimum Gasteiger partial charge on any atom is -0.496 e. The highest BCUT2D eigenvalue weighted by molar-refractivity contribution is 6.04. The molecule has 0 saturated heterocycles. The molecule has 39 heavy (non-hydrogen) atoms. The Morgan fingerprint density at radius 1 is 0.846 bits per heavy atom. The van der Waals surface area contributed by atoms with Crippen molar-refractivity contribution in [1.29, 1.82) is 0 Å². The maximum atomic E-state index is 14.0. The van der Waals surface area contributed by atoms with Gasteiger partial charge in [0.1, 0.15) is 12.4 Å². The lowest BCUT2D eigenvalue weighted by molar-refractivity contribution is -0.140. The number of carbonyl (C=O) groups is 2. The summed E-state index contributed by atoms with van der Waals surface area (Å²) in [5.41, 5.74) is 3.77. The number of dihydropyridines is 1. The number of nitrogens with one attached hydrogen (secondary N) is 1. The lowest BCUT2D eigenvalue weighted by Crippen LogP contribution is -2.36. The molecule has 9 heteroatoms. The Morgan fingerprint density at radius 3 is 2.23 bits per heavy atom. The Kier molecular flexibility index (Phi) is 8.81. The highest BCUT2D eigenvalue weighted by atomic mass is 16.6. The fraction of sp³-hybridized carbons (Fsp3) is 0.400. The van der Waals surface area contributed by atoms with Crippen molar-refractivity contribution in [2.24, 2.45) is 0 Å². The predicted octanol–water partition coefficient (Wildman–Crippen LogP) is 4.27. The molecule has 0 saturated carbocycles. The zero-order valence-corrected chi connectivity index (χ0v) is 23.2. The first-order chi connectivity index (χ1) is 18.9. The molecule has 0 unspecified atom stereocenters. The van der Waals surface area contributed by atoms with Crippen molar-refractivity contribution < 1.29 is 38.0 Å². The first-order valence-electron chi connectivity index (χ1n) is 12.7. The number of benzene rings is 2. The van der Waals surface area contributed by atoms with E-state index in [0.717, 1.165) is 17.0 Å². The van der Waals surface area contributed by atoms with E-state index in [1.54, 1.807) is 19.2 Å². The molecule has 208 valence electrons. The molecule has 0 spiro atoms. The molecular formula is C30H35NO8. The zero-order chi connectivity index (χ0) is 28.1. The molecule has 0 radical (unpaired) electrons. The summed E-state index contributed by atoms with van der Waals surface area (Å²) in [4.78, 5) is 27.4. The summed E-state index contributed by atoms with van der Waals surface area (Å²) in [7, 11) is 7.73. The second-order valence-corrected chi connectivity index (χ2v) is 9.31. The third kappa shape index (κ3) is 5.31. The third-order valence-electron chi connectivity index (χ3n) is 7.19. The summed E-state index contributed by atoms with van der Waals surface area (Å²) in [6, 6.07) is 11.3. The molecule has 0 fully saturated rings. The monoisotopic (exact) mass is 537 g/mol. The van der Waals surface area contributed by atoms with E-state index in [4.69, 9.17) is 28.4 Å². The number of allylic oxidation sites excluding steroid dienone is 3. The van der Waals surface area contributed by atoms with Gasteiger partial charge in [0.15, 0.2) is 17.3 Å². The summed E-state index contributed by atoms with van der Waals surface area (Å²) in [6.07, 6.45) is 0.828. The normalized spacial score (nSPS) is 18.8. The summed E-state index contributed by atoms with van der Waals surface area (Å²) in [6.45, 7) is 2.15. The van der Waals surface area contributed by atoms with Gasteiger partial charge in [-0.05, 0) is 31.0 Å².